The molecule has 1 aliphatic carbocycles. The number of benzene rings is 1. The van der Waals surface area contributed by atoms with Crippen molar-refractivity contribution in [1.82, 2.24) is 5.32 Å². The molecular weight excluding hydrogens is 265 g/mol. The minimum Gasteiger partial charge on any atom is -0.369 e. The smallest absolute Gasteiger partial charge is 0.123 e. The maximum Gasteiger partial charge on any atom is 0.123 e. The van der Waals surface area contributed by atoms with Crippen LogP contribution in [0.4, 0.5) is 4.39 Å². The van der Waals surface area contributed by atoms with Crippen LogP contribution >= 0.6 is 0 Å². The fourth-order valence-electron chi connectivity index (χ4n) is 3.06. The largest absolute Gasteiger partial charge is 0.369 e. The lowest BCUT2D eigenvalue weighted by atomic mass is 9.87. The maximum absolute atomic E-state index is 13.5. The first-order valence-electron chi connectivity index (χ1n) is 8.32. The highest BCUT2D eigenvalue weighted by Gasteiger charge is 2.25. The Hall–Kier alpha value is -0.930. The van der Waals surface area contributed by atoms with Crippen LogP contribution in [0.5, 0.6) is 0 Å². The van der Waals surface area contributed by atoms with Gasteiger partial charge in [0.05, 0.1) is 12.2 Å². The van der Waals surface area contributed by atoms with Gasteiger partial charge >= 0.3 is 0 Å². The Kier molecular flexibility index (Phi) is 6.65. The molecule has 1 saturated carbocycles. The maximum atomic E-state index is 13.5. The van der Waals surface area contributed by atoms with Gasteiger partial charge in [0.1, 0.15) is 5.82 Å². The van der Waals surface area contributed by atoms with Gasteiger partial charge in [-0.05, 0) is 49.4 Å². The van der Waals surface area contributed by atoms with E-state index >= 15 is 0 Å². The van der Waals surface area contributed by atoms with E-state index in [-0.39, 0.29) is 11.9 Å². The average molecular weight is 293 g/mol. The topological polar surface area (TPSA) is 21.3 Å². The summed E-state index contributed by atoms with van der Waals surface area (Å²) in [6.45, 7) is 6.14. The highest BCUT2D eigenvalue weighted by atomic mass is 19.1. The van der Waals surface area contributed by atoms with Gasteiger partial charge in [-0.1, -0.05) is 38.8 Å². The van der Waals surface area contributed by atoms with E-state index in [1.165, 1.54) is 25.3 Å². The second kappa shape index (κ2) is 8.50. The van der Waals surface area contributed by atoms with Crippen molar-refractivity contribution >= 4 is 0 Å². The van der Waals surface area contributed by atoms with Crippen molar-refractivity contribution in [2.75, 3.05) is 13.1 Å². The first-order chi connectivity index (χ1) is 10.2. The van der Waals surface area contributed by atoms with Crippen LogP contribution in [0, 0.1) is 11.7 Å². The number of hydrogen-bond acceptors (Lipinski definition) is 2. The second-order valence-electron chi connectivity index (χ2n) is 6.18. The van der Waals surface area contributed by atoms with Gasteiger partial charge < -0.3 is 10.1 Å². The zero-order chi connectivity index (χ0) is 15.1. The summed E-state index contributed by atoms with van der Waals surface area (Å²) in [6.07, 6.45) is 6.25. The average Bonchev–Trinajstić information content (AvgIpc) is 2.48. The number of halogens is 1. The third kappa shape index (κ3) is 5.08. The van der Waals surface area contributed by atoms with Crippen LogP contribution in [0.1, 0.15) is 57.6 Å². The van der Waals surface area contributed by atoms with Crippen molar-refractivity contribution in [3.8, 4) is 0 Å². The van der Waals surface area contributed by atoms with Crippen LogP contribution < -0.4 is 5.32 Å². The molecule has 2 nitrogen and oxygen atoms in total. The van der Waals surface area contributed by atoms with E-state index in [2.05, 4.69) is 19.2 Å². The van der Waals surface area contributed by atoms with Crippen LogP contribution in [-0.4, -0.2) is 19.2 Å². The Morgan fingerprint density at radius 3 is 2.86 bits per heavy atom. The predicted molar refractivity (Wildman–Crippen MR) is 84.8 cm³/mol. The van der Waals surface area contributed by atoms with Crippen LogP contribution in [0.25, 0.3) is 0 Å². The van der Waals surface area contributed by atoms with Crippen LogP contribution in [0.3, 0.4) is 0 Å². The minimum absolute atomic E-state index is 0.0576. The number of hydrogen-bond donors (Lipinski definition) is 1. The lowest BCUT2D eigenvalue weighted by molar-refractivity contribution is -0.0564. The fraction of sp³-hybridized carbons (Fsp3) is 0.667. The SMILES string of the molecule is CCCNCC(OC1CCCCC1C)c1cccc(F)c1. The quantitative estimate of drug-likeness (QED) is 0.749. The van der Waals surface area contributed by atoms with Gasteiger partial charge in [0.25, 0.3) is 0 Å². The first-order valence-corrected chi connectivity index (χ1v) is 8.32. The summed E-state index contributed by atoms with van der Waals surface area (Å²) in [5.41, 5.74) is 0.941. The predicted octanol–water partition coefficient (Wildman–Crippen LogP) is 4.46. The van der Waals surface area contributed by atoms with Crippen molar-refractivity contribution in [1.29, 1.82) is 0 Å². The molecule has 0 heterocycles. The van der Waals surface area contributed by atoms with E-state index < -0.39 is 0 Å². The molecule has 1 N–H and O–H groups in total. The molecule has 118 valence electrons. The normalized spacial score (nSPS) is 24.0. The second-order valence-corrected chi connectivity index (χ2v) is 6.18. The third-order valence-electron chi connectivity index (χ3n) is 4.35. The molecule has 1 aliphatic rings. The van der Waals surface area contributed by atoms with E-state index in [9.17, 15) is 4.39 Å². The van der Waals surface area contributed by atoms with Crippen molar-refractivity contribution in [3.63, 3.8) is 0 Å². The van der Waals surface area contributed by atoms with Crippen LogP contribution in [-0.2, 0) is 4.74 Å². The van der Waals surface area contributed by atoms with Crippen LogP contribution in [0.15, 0.2) is 24.3 Å². The van der Waals surface area contributed by atoms with Crippen molar-refractivity contribution < 1.29 is 9.13 Å². The van der Waals surface area contributed by atoms with Crippen molar-refractivity contribution in [2.45, 2.75) is 58.2 Å². The van der Waals surface area contributed by atoms with E-state index in [1.807, 2.05) is 6.07 Å². The summed E-state index contributed by atoms with van der Waals surface area (Å²) in [5, 5.41) is 3.41. The van der Waals surface area contributed by atoms with E-state index in [0.29, 0.717) is 12.0 Å². The van der Waals surface area contributed by atoms with Crippen LogP contribution in [0.2, 0.25) is 0 Å². The molecule has 0 radical (unpaired) electrons. The highest BCUT2D eigenvalue weighted by Crippen LogP contribution is 2.31. The zero-order valence-corrected chi connectivity index (χ0v) is 13.3. The Labute approximate surface area is 128 Å². The lowest BCUT2D eigenvalue weighted by Crippen LogP contribution is -2.32. The summed E-state index contributed by atoms with van der Waals surface area (Å²) in [6, 6.07) is 6.83. The molecule has 3 heteroatoms. The van der Waals surface area contributed by atoms with Gasteiger partial charge in [0, 0.05) is 6.54 Å². The number of ether oxygens (including phenoxy) is 1. The first kappa shape index (κ1) is 16.4. The monoisotopic (exact) mass is 293 g/mol. The lowest BCUT2D eigenvalue weighted by Gasteiger charge is -2.33. The minimum atomic E-state index is -0.187. The summed E-state index contributed by atoms with van der Waals surface area (Å²) < 4.78 is 19.9. The summed E-state index contributed by atoms with van der Waals surface area (Å²) in [4.78, 5) is 0. The molecular formula is C18H28FNO. The van der Waals surface area contributed by atoms with Gasteiger partial charge in [0.15, 0.2) is 0 Å². The van der Waals surface area contributed by atoms with Crippen molar-refractivity contribution in [2.24, 2.45) is 5.92 Å². The molecule has 0 aromatic heterocycles. The fourth-order valence-corrected chi connectivity index (χ4v) is 3.06. The molecule has 0 spiro atoms. The summed E-state index contributed by atoms with van der Waals surface area (Å²) >= 11 is 0. The zero-order valence-electron chi connectivity index (χ0n) is 13.3. The molecule has 0 aliphatic heterocycles. The Bertz CT molecular complexity index is 423. The standard InChI is InChI=1S/C18H28FNO/c1-3-11-20-13-18(15-8-6-9-16(19)12-15)21-17-10-5-4-7-14(17)2/h6,8-9,12,14,17-18,20H,3-5,7,10-11,13H2,1-2H3. The molecule has 0 saturated heterocycles. The van der Waals surface area contributed by atoms with Gasteiger partial charge in [-0.15, -0.1) is 0 Å². The summed E-state index contributed by atoms with van der Waals surface area (Å²) in [7, 11) is 0. The molecule has 1 fully saturated rings. The van der Waals surface area contributed by atoms with Crippen molar-refractivity contribution in [3.05, 3.63) is 35.6 Å². The Morgan fingerprint density at radius 2 is 2.14 bits per heavy atom. The van der Waals surface area contributed by atoms with Gasteiger partial charge in [0.2, 0.25) is 0 Å². The summed E-state index contributed by atoms with van der Waals surface area (Å²) in [5.74, 6) is 0.411. The Balaban J connectivity index is 2.04. The van der Waals surface area contributed by atoms with Gasteiger partial charge in [-0.3, -0.25) is 0 Å². The molecule has 3 atom stereocenters. The van der Waals surface area contributed by atoms with E-state index in [4.69, 9.17) is 4.74 Å². The molecule has 0 amide bonds. The van der Waals surface area contributed by atoms with Gasteiger partial charge in [-0.25, -0.2) is 4.39 Å². The highest BCUT2D eigenvalue weighted by molar-refractivity contribution is 5.19. The number of nitrogens with one attached hydrogen (secondary N) is 1. The van der Waals surface area contributed by atoms with E-state index in [0.717, 1.165) is 31.5 Å². The third-order valence-corrected chi connectivity index (χ3v) is 4.35. The molecule has 1 aromatic carbocycles. The molecule has 1 aromatic rings. The molecule has 0 bridgehead atoms. The molecule has 3 unspecified atom stereocenters. The van der Waals surface area contributed by atoms with E-state index in [1.54, 1.807) is 12.1 Å². The van der Waals surface area contributed by atoms with Gasteiger partial charge in [-0.2, -0.15) is 0 Å². The number of rotatable bonds is 7. The Morgan fingerprint density at radius 1 is 1.33 bits per heavy atom. The molecule has 2 rings (SSSR count). The molecule has 21 heavy (non-hydrogen) atoms.